The molecule has 0 amide bonds. The van der Waals surface area contributed by atoms with Crippen LogP contribution in [0.5, 0.6) is 0 Å². The van der Waals surface area contributed by atoms with Gasteiger partial charge in [-0.05, 0) is 51.2 Å². The first-order valence-corrected chi connectivity index (χ1v) is 7.35. The van der Waals surface area contributed by atoms with E-state index in [1.165, 1.54) is 12.8 Å². The quantitative estimate of drug-likeness (QED) is 0.851. The molecule has 1 aromatic heterocycles. The van der Waals surface area contributed by atoms with Gasteiger partial charge in [0.1, 0.15) is 0 Å². The van der Waals surface area contributed by atoms with Gasteiger partial charge in [-0.15, -0.1) is 0 Å². The number of aryl methyl sites for hydroxylation is 1. The average Bonchev–Trinajstić information content (AvgIpc) is 2.75. The van der Waals surface area contributed by atoms with Crippen molar-refractivity contribution in [1.82, 2.24) is 20.4 Å². The number of aromatic nitrogens is 2. The lowest BCUT2D eigenvalue weighted by atomic mass is 9.98. The Morgan fingerprint density at radius 3 is 3.00 bits per heavy atom. The molecule has 1 fully saturated rings. The van der Waals surface area contributed by atoms with Gasteiger partial charge >= 0.3 is 0 Å². The summed E-state index contributed by atoms with van der Waals surface area (Å²) in [6.07, 6.45) is 2.59. The van der Waals surface area contributed by atoms with E-state index in [-0.39, 0.29) is 0 Å². The average molecular weight is 266 g/mol. The lowest BCUT2D eigenvalue weighted by Gasteiger charge is -2.32. The van der Waals surface area contributed by atoms with E-state index in [2.05, 4.69) is 34.2 Å². The molecule has 0 spiro atoms. The summed E-state index contributed by atoms with van der Waals surface area (Å²) in [6.45, 7) is 11.7. The van der Waals surface area contributed by atoms with E-state index in [0.29, 0.717) is 0 Å². The van der Waals surface area contributed by atoms with E-state index in [1.807, 2.05) is 6.92 Å². The zero-order valence-electron chi connectivity index (χ0n) is 12.4. The van der Waals surface area contributed by atoms with Crippen LogP contribution in [0.1, 0.15) is 38.4 Å². The molecular weight excluding hydrogens is 240 g/mol. The molecular formula is C14H26N4O. The molecule has 1 aliphatic rings. The Morgan fingerprint density at radius 1 is 1.47 bits per heavy atom. The number of nitrogens with zero attached hydrogens (tertiary/aromatic N) is 3. The summed E-state index contributed by atoms with van der Waals surface area (Å²) in [5.74, 6) is 2.94. The van der Waals surface area contributed by atoms with Crippen LogP contribution in [-0.4, -0.2) is 41.2 Å². The van der Waals surface area contributed by atoms with Crippen molar-refractivity contribution in [2.24, 2.45) is 11.8 Å². The fourth-order valence-corrected chi connectivity index (χ4v) is 2.63. The number of rotatable bonds is 6. The van der Waals surface area contributed by atoms with Crippen LogP contribution in [0.4, 0.5) is 0 Å². The minimum absolute atomic E-state index is 0.723. The third kappa shape index (κ3) is 4.91. The van der Waals surface area contributed by atoms with Gasteiger partial charge in [-0.25, -0.2) is 0 Å². The lowest BCUT2D eigenvalue weighted by Crippen LogP contribution is -2.39. The number of nitrogens with one attached hydrogen (secondary N) is 1. The minimum atomic E-state index is 0.723. The molecule has 5 nitrogen and oxygen atoms in total. The predicted octanol–water partition coefficient (Wildman–Crippen LogP) is 1.84. The van der Waals surface area contributed by atoms with Crippen LogP contribution in [0, 0.1) is 18.8 Å². The van der Waals surface area contributed by atoms with Crippen molar-refractivity contribution < 1.29 is 4.52 Å². The normalized spacial score (nSPS) is 21.2. The van der Waals surface area contributed by atoms with Crippen molar-refractivity contribution in [2.75, 3.05) is 26.2 Å². The fraction of sp³-hybridized carbons (Fsp3) is 0.857. The molecule has 5 heteroatoms. The highest BCUT2D eigenvalue weighted by Gasteiger charge is 2.21. The molecule has 1 saturated heterocycles. The Labute approximate surface area is 115 Å². The third-order valence-electron chi connectivity index (χ3n) is 3.52. The second-order valence-corrected chi connectivity index (χ2v) is 6.03. The van der Waals surface area contributed by atoms with Gasteiger partial charge in [0.2, 0.25) is 5.89 Å². The molecule has 2 rings (SSSR count). The molecule has 0 aromatic carbocycles. The van der Waals surface area contributed by atoms with E-state index < -0.39 is 0 Å². The van der Waals surface area contributed by atoms with Crippen molar-refractivity contribution >= 4 is 0 Å². The second kappa shape index (κ2) is 7.01. The van der Waals surface area contributed by atoms with Crippen molar-refractivity contribution in [1.29, 1.82) is 0 Å². The van der Waals surface area contributed by atoms with Crippen molar-refractivity contribution in [3.05, 3.63) is 11.7 Å². The van der Waals surface area contributed by atoms with Crippen LogP contribution in [-0.2, 0) is 6.54 Å². The highest BCUT2D eigenvalue weighted by Crippen LogP contribution is 2.17. The van der Waals surface area contributed by atoms with Gasteiger partial charge in [-0.2, -0.15) is 4.98 Å². The summed E-state index contributed by atoms with van der Waals surface area (Å²) in [4.78, 5) is 6.71. The molecule has 1 N–H and O–H groups in total. The van der Waals surface area contributed by atoms with Crippen LogP contribution < -0.4 is 5.32 Å². The van der Waals surface area contributed by atoms with Crippen LogP contribution in [0.25, 0.3) is 0 Å². The Morgan fingerprint density at radius 2 is 2.32 bits per heavy atom. The summed E-state index contributed by atoms with van der Waals surface area (Å²) >= 11 is 0. The van der Waals surface area contributed by atoms with E-state index in [9.17, 15) is 0 Å². The Kier molecular flexibility index (Phi) is 5.34. The number of piperidine rings is 1. The van der Waals surface area contributed by atoms with Gasteiger partial charge in [0.05, 0.1) is 6.54 Å². The first-order chi connectivity index (χ1) is 9.13. The highest BCUT2D eigenvalue weighted by atomic mass is 16.5. The molecule has 0 bridgehead atoms. The number of hydrogen-bond acceptors (Lipinski definition) is 5. The molecule has 2 heterocycles. The topological polar surface area (TPSA) is 54.2 Å². The molecule has 0 aliphatic carbocycles. The molecule has 19 heavy (non-hydrogen) atoms. The SMILES string of the molecule is Cc1noc(CN2CCCC(CNCC(C)C)C2)n1. The van der Waals surface area contributed by atoms with E-state index in [0.717, 1.165) is 56.3 Å². The van der Waals surface area contributed by atoms with E-state index in [1.54, 1.807) is 0 Å². The molecule has 108 valence electrons. The number of hydrogen-bond donors (Lipinski definition) is 1. The van der Waals surface area contributed by atoms with Crippen LogP contribution >= 0.6 is 0 Å². The summed E-state index contributed by atoms with van der Waals surface area (Å²) < 4.78 is 5.20. The van der Waals surface area contributed by atoms with Crippen molar-refractivity contribution in [2.45, 2.75) is 40.2 Å². The Hall–Kier alpha value is -0.940. The molecule has 1 aliphatic heterocycles. The third-order valence-corrected chi connectivity index (χ3v) is 3.52. The maximum atomic E-state index is 5.20. The van der Waals surface area contributed by atoms with Gasteiger partial charge in [0.15, 0.2) is 5.82 Å². The minimum Gasteiger partial charge on any atom is -0.338 e. The molecule has 0 radical (unpaired) electrons. The fourth-order valence-electron chi connectivity index (χ4n) is 2.63. The Balaban J connectivity index is 1.74. The highest BCUT2D eigenvalue weighted by molar-refractivity contribution is 4.84. The molecule has 1 unspecified atom stereocenters. The smallest absolute Gasteiger partial charge is 0.240 e. The second-order valence-electron chi connectivity index (χ2n) is 6.03. The van der Waals surface area contributed by atoms with Crippen molar-refractivity contribution in [3.63, 3.8) is 0 Å². The first-order valence-electron chi connectivity index (χ1n) is 7.35. The van der Waals surface area contributed by atoms with E-state index >= 15 is 0 Å². The van der Waals surface area contributed by atoms with Gasteiger partial charge in [-0.1, -0.05) is 19.0 Å². The zero-order valence-corrected chi connectivity index (χ0v) is 12.4. The Bertz CT molecular complexity index is 377. The van der Waals surface area contributed by atoms with Crippen LogP contribution in [0.2, 0.25) is 0 Å². The van der Waals surface area contributed by atoms with Gasteiger partial charge in [0, 0.05) is 6.54 Å². The molecule has 0 saturated carbocycles. The first kappa shape index (κ1) is 14.5. The maximum absolute atomic E-state index is 5.20. The standard InChI is InChI=1S/C14H26N4O/c1-11(2)7-15-8-13-5-4-6-18(9-13)10-14-16-12(3)17-19-14/h11,13,15H,4-10H2,1-3H3. The largest absolute Gasteiger partial charge is 0.338 e. The van der Waals surface area contributed by atoms with Gasteiger partial charge in [0.25, 0.3) is 0 Å². The van der Waals surface area contributed by atoms with Gasteiger partial charge < -0.3 is 9.84 Å². The molecule has 1 atom stereocenters. The lowest BCUT2D eigenvalue weighted by molar-refractivity contribution is 0.148. The maximum Gasteiger partial charge on any atom is 0.240 e. The van der Waals surface area contributed by atoms with E-state index in [4.69, 9.17) is 4.52 Å². The summed E-state index contributed by atoms with van der Waals surface area (Å²) in [5, 5.41) is 7.41. The monoisotopic (exact) mass is 266 g/mol. The van der Waals surface area contributed by atoms with Crippen LogP contribution in [0.15, 0.2) is 4.52 Å². The number of likely N-dealkylation sites (tertiary alicyclic amines) is 1. The van der Waals surface area contributed by atoms with Crippen molar-refractivity contribution in [3.8, 4) is 0 Å². The summed E-state index contributed by atoms with van der Waals surface area (Å²) in [7, 11) is 0. The van der Waals surface area contributed by atoms with Gasteiger partial charge in [-0.3, -0.25) is 4.90 Å². The summed E-state index contributed by atoms with van der Waals surface area (Å²) in [6, 6.07) is 0. The predicted molar refractivity (Wildman–Crippen MR) is 74.7 cm³/mol. The van der Waals surface area contributed by atoms with Crippen LogP contribution in [0.3, 0.4) is 0 Å². The zero-order chi connectivity index (χ0) is 13.7. The summed E-state index contributed by atoms with van der Waals surface area (Å²) in [5.41, 5.74) is 0. The molecule has 1 aromatic rings.